The number of imide groups is 1. The van der Waals surface area contributed by atoms with Gasteiger partial charge in [-0.25, -0.2) is 14.8 Å². The highest BCUT2D eigenvalue weighted by Crippen LogP contribution is 2.37. The summed E-state index contributed by atoms with van der Waals surface area (Å²) in [5.41, 5.74) is 3.62. The van der Waals surface area contributed by atoms with Crippen LogP contribution in [0.5, 0.6) is 0 Å². The van der Waals surface area contributed by atoms with Crippen molar-refractivity contribution < 1.29 is 24.0 Å². The lowest BCUT2D eigenvalue weighted by molar-refractivity contribution is -0.137. The topological polar surface area (TPSA) is 204 Å². The number of anilines is 1. The Morgan fingerprint density at radius 2 is 1.77 bits per heavy atom. The first-order chi connectivity index (χ1) is 25.6. The van der Waals surface area contributed by atoms with Gasteiger partial charge in [-0.05, 0) is 68.9 Å². The van der Waals surface area contributed by atoms with Crippen LogP contribution < -0.4 is 31.9 Å². The number of fused-ring (bicyclic) bond motifs is 1. The third-order valence-corrected chi connectivity index (χ3v) is 11.7. The van der Waals surface area contributed by atoms with Crippen molar-refractivity contribution in [3.8, 4) is 11.3 Å². The minimum atomic E-state index is -0.651. The number of urea groups is 1. The van der Waals surface area contributed by atoms with Crippen molar-refractivity contribution in [2.45, 2.75) is 89.0 Å². The van der Waals surface area contributed by atoms with Gasteiger partial charge in [0.25, 0.3) is 5.91 Å². The molecule has 3 fully saturated rings. The first-order valence-corrected chi connectivity index (χ1v) is 19.4. The van der Waals surface area contributed by atoms with Crippen LogP contribution in [0.2, 0.25) is 5.02 Å². The minimum Gasteiger partial charge on any atom is -0.353 e. The van der Waals surface area contributed by atoms with E-state index < -0.39 is 11.9 Å². The van der Waals surface area contributed by atoms with Crippen molar-refractivity contribution in [3.63, 3.8) is 0 Å². The van der Waals surface area contributed by atoms with Crippen LogP contribution in [0.3, 0.4) is 0 Å². The number of piperidine rings is 1. The summed E-state index contributed by atoms with van der Waals surface area (Å²) in [6, 6.07) is 1.26. The molecule has 18 heteroatoms. The zero-order valence-corrected chi connectivity index (χ0v) is 31.1. The van der Waals surface area contributed by atoms with Gasteiger partial charge in [0.15, 0.2) is 0 Å². The van der Waals surface area contributed by atoms with Gasteiger partial charge in [0.1, 0.15) is 6.04 Å². The molecule has 7 rings (SSSR count). The van der Waals surface area contributed by atoms with Crippen LogP contribution in [-0.4, -0.2) is 92.1 Å². The second-order valence-corrected chi connectivity index (χ2v) is 15.7. The Hall–Kier alpha value is -4.61. The molecule has 4 aliphatic rings. The van der Waals surface area contributed by atoms with Crippen molar-refractivity contribution in [2.75, 3.05) is 25.0 Å². The molecule has 282 valence electrons. The van der Waals surface area contributed by atoms with Gasteiger partial charge in [-0.15, -0.1) is 11.3 Å². The fourth-order valence-corrected chi connectivity index (χ4v) is 8.40. The molecule has 3 aromatic rings. The van der Waals surface area contributed by atoms with Crippen LogP contribution in [0.15, 0.2) is 18.5 Å². The maximum Gasteiger partial charge on any atom is 0.315 e. The molecule has 1 unspecified atom stereocenters. The minimum absolute atomic E-state index is 0.143. The summed E-state index contributed by atoms with van der Waals surface area (Å²) in [7, 11) is 1.96. The number of thiophene rings is 1. The largest absolute Gasteiger partial charge is 0.353 e. The zero-order chi connectivity index (χ0) is 37.1. The number of aryl methyl sites for hydroxylation is 1. The Labute approximate surface area is 315 Å². The Kier molecular flexibility index (Phi) is 11.2. The summed E-state index contributed by atoms with van der Waals surface area (Å²) in [6.07, 6.45) is 11.1. The maximum absolute atomic E-state index is 12.9. The number of hydrogen-bond acceptors (Lipinski definition) is 11. The van der Waals surface area contributed by atoms with Crippen molar-refractivity contribution in [1.82, 2.24) is 51.2 Å². The van der Waals surface area contributed by atoms with Crippen LogP contribution in [0.25, 0.3) is 11.3 Å². The molecule has 16 nitrogen and oxygen atoms in total. The SMILES string of the molecule is Cn1ncc(-c2nc(NC3CCC(NCC(=O)NCCNC(=O)NCc4cc5c(s4)C(=O)N(C4CCC(=O)NC4=O)C5)CC3)ncc2Cl)c1CC1CC1. The molecule has 1 saturated heterocycles. The van der Waals surface area contributed by atoms with E-state index in [-0.39, 0.29) is 68.4 Å². The van der Waals surface area contributed by atoms with E-state index in [0.717, 1.165) is 53.8 Å². The van der Waals surface area contributed by atoms with Crippen molar-refractivity contribution in [2.24, 2.45) is 13.0 Å². The highest BCUT2D eigenvalue weighted by Gasteiger charge is 2.40. The lowest BCUT2D eigenvalue weighted by Gasteiger charge is -2.29. The van der Waals surface area contributed by atoms with Crippen LogP contribution in [-0.2, 0) is 40.9 Å². The van der Waals surface area contributed by atoms with Crippen LogP contribution in [0.4, 0.5) is 10.7 Å². The third-order valence-electron chi connectivity index (χ3n) is 10.2. The average molecular weight is 766 g/mol. The molecule has 0 bridgehead atoms. The fraction of sp³-hybridized carbons (Fsp3) is 0.543. The molecule has 0 spiro atoms. The number of rotatable bonds is 14. The maximum atomic E-state index is 12.9. The third kappa shape index (κ3) is 8.96. The molecule has 1 atom stereocenters. The summed E-state index contributed by atoms with van der Waals surface area (Å²) in [4.78, 5) is 73.5. The predicted molar refractivity (Wildman–Crippen MR) is 197 cm³/mol. The molecule has 2 aliphatic heterocycles. The second-order valence-electron chi connectivity index (χ2n) is 14.2. The Morgan fingerprint density at radius 3 is 2.53 bits per heavy atom. The summed E-state index contributed by atoms with van der Waals surface area (Å²) in [5, 5.41) is 22.4. The molecular weight excluding hydrogens is 722 g/mol. The number of amides is 6. The summed E-state index contributed by atoms with van der Waals surface area (Å²) >= 11 is 7.82. The lowest BCUT2D eigenvalue weighted by atomic mass is 9.91. The van der Waals surface area contributed by atoms with Gasteiger partial charge in [-0.3, -0.25) is 29.2 Å². The van der Waals surface area contributed by atoms with E-state index >= 15 is 0 Å². The lowest BCUT2D eigenvalue weighted by Crippen LogP contribution is -2.52. The van der Waals surface area contributed by atoms with E-state index in [1.54, 1.807) is 6.20 Å². The highest BCUT2D eigenvalue weighted by molar-refractivity contribution is 7.14. The smallest absolute Gasteiger partial charge is 0.315 e. The molecule has 53 heavy (non-hydrogen) atoms. The first-order valence-electron chi connectivity index (χ1n) is 18.2. The van der Waals surface area contributed by atoms with Crippen LogP contribution in [0, 0.1) is 5.92 Å². The molecule has 2 aliphatic carbocycles. The number of carbonyl (C=O) groups is 5. The summed E-state index contributed by atoms with van der Waals surface area (Å²) in [5.74, 6) is 0.118. The van der Waals surface area contributed by atoms with E-state index in [9.17, 15) is 24.0 Å². The van der Waals surface area contributed by atoms with Gasteiger partial charge in [0.2, 0.25) is 23.7 Å². The number of nitrogens with one attached hydrogen (secondary N) is 6. The van der Waals surface area contributed by atoms with E-state index in [0.29, 0.717) is 40.4 Å². The molecule has 0 aromatic carbocycles. The van der Waals surface area contributed by atoms with Gasteiger partial charge < -0.3 is 31.5 Å². The number of halogens is 1. The van der Waals surface area contributed by atoms with Crippen LogP contribution in [0.1, 0.15) is 77.2 Å². The molecular formula is C35H44ClN11O5S. The van der Waals surface area contributed by atoms with Gasteiger partial charge >= 0.3 is 6.03 Å². The molecule has 5 heterocycles. The normalized spacial score (nSPS) is 21.3. The average Bonchev–Trinajstić information content (AvgIpc) is 3.66. The van der Waals surface area contributed by atoms with Crippen LogP contribution >= 0.6 is 22.9 Å². The Balaban J connectivity index is 0.759. The van der Waals surface area contributed by atoms with Gasteiger partial charge in [0.05, 0.1) is 41.1 Å². The van der Waals surface area contributed by atoms with Crippen molar-refractivity contribution in [1.29, 1.82) is 0 Å². The summed E-state index contributed by atoms with van der Waals surface area (Å²) < 4.78 is 1.91. The molecule has 2 saturated carbocycles. The van der Waals surface area contributed by atoms with Gasteiger partial charge in [-0.1, -0.05) is 11.6 Å². The molecule has 0 radical (unpaired) electrons. The quantitative estimate of drug-likeness (QED) is 0.104. The van der Waals surface area contributed by atoms with Gasteiger partial charge in [-0.2, -0.15) is 5.10 Å². The van der Waals surface area contributed by atoms with E-state index in [1.807, 2.05) is 24.0 Å². The predicted octanol–water partition coefficient (Wildman–Crippen LogP) is 2.23. The Morgan fingerprint density at radius 1 is 1.00 bits per heavy atom. The van der Waals surface area contributed by atoms with E-state index in [1.165, 1.54) is 29.1 Å². The highest BCUT2D eigenvalue weighted by atomic mass is 35.5. The molecule has 6 N–H and O–H groups in total. The van der Waals surface area contributed by atoms with Crippen molar-refractivity contribution >= 4 is 58.5 Å². The van der Waals surface area contributed by atoms with Crippen molar-refractivity contribution in [3.05, 3.63) is 44.5 Å². The standard InChI is InChI=1S/C35H44ClN11O5S/c1-46-27(12-19-2-3-19)24(15-42-46)30-25(36)16-40-34(45-30)43-22-6-4-21(5-7-22)39-17-29(49)37-10-11-38-35(52)41-14-23-13-20-18-47(33(51)31(20)53-23)26-8-9-28(48)44-32(26)50/h13,15-16,19,21-22,26,39H,2-12,14,17-18H2,1H3,(H,37,49)(H2,38,41,52)(H,40,43,45)(H,44,48,50). The summed E-state index contributed by atoms with van der Waals surface area (Å²) in [6.45, 7) is 1.27. The first kappa shape index (κ1) is 36.7. The number of carbonyl (C=O) groups excluding carboxylic acids is 5. The number of hydrogen-bond donors (Lipinski definition) is 6. The van der Waals surface area contributed by atoms with E-state index in [2.05, 4.69) is 42.0 Å². The number of aromatic nitrogens is 4. The monoisotopic (exact) mass is 765 g/mol. The fourth-order valence-electron chi connectivity index (χ4n) is 7.14. The zero-order valence-electron chi connectivity index (χ0n) is 29.5. The molecule has 6 amide bonds. The van der Waals surface area contributed by atoms with Gasteiger partial charge in [0, 0.05) is 61.3 Å². The Bertz CT molecular complexity index is 1890. The molecule has 3 aromatic heterocycles. The van der Waals surface area contributed by atoms with E-state index in [4.69, 9.17) is 16.6 Å². The second kappa shape index (κ2) is 16.2. The number of nitrogens with zero attached hydrogens (tertiary/aromatic N) is 5.